The van der Waals surface area contributed by atoms with E-state index < -0.39 is 0 Å². The summed E-state index contributed by atoms with van der Waals surface area (Å²) >= 11 is 4.75. The molecule has 0 atom stereocenters. The summed E-state index contributed by atoms with van der Waals surface area (Å²) in [4.78, 5) is 17.8. The number of aromatic nitrogens is 1. The predicted molar refractivity (Wildman–Crippen MR) is 79.6 cm³/mol. The van der Waals surface area contributed by atoms with E-state index in [2.05, 4.69) is 34.1 Å². The molecule has 3 nitrogen and oxygen atoms in total. The lowest BCUT2D eigenvalue weighted by molar-refractivity contribution is -0.127. The molecule has 5 heteroatoms. The predicted octanol–water partition coefficient (Wildman–Crippen LogP) is 3.14. The van der Waals surface area contributed by atoms with Gasteiger partial charge in [0.25, 0.3) is 0 Å². The van der Waals surface area contributed by atoms with Gasteiger partial charge < -0.3 is 4.90 Å². The van der Waals surface area contributed by atoms with Crippen LogP contribution in [0.1, 0.15) is 0 Å². The quantitative estimate of drug-likeness (QED) is 0.570. The maximum absolute atomic E-state index is 11.9. The van der Waals surface area contributed by atoms with E-state index in [1.807, 2.05) is 12.1 Å². The number of halogens is 1. The molecule has 0 aliphatic carbocycles. The van der Waals surface area contributed by atoms with E-state index in [9.17, 15) is 4.79 Å². The lowest BCUT2D eigenvalue weighted by Crippen LogP contribution is -2.32. The van der Waals surface area contributed by atoms with Gasteiger partial charge in [0, 0.05) is 23.8 Å². The first-order chi connectivity index (χ1) is 8.67. The number of rotatable bonds is 7. The molecule has 0 aliphatic heterocycles. The molecule has 0 spiro atoms. The molecule has 0 N–H and O–H groups in total. The van der Waals surface area contributed by atoms with Crippen molar-refractivity contribution in [3.63, 3.8) is 0 Å². The first-order valence-electron chi connectivity index (χ1n) is 5.41. The number of hydrogen-bond donors (Lipinski definition) is 0. The van der Waals surface area contributed by atoms with Crippen LogP contribution >= 0.6 is 27.7 Å². The summed E-state index contributed by atoms with van der Waals surface area (Å²) in [6.07, 6.45) is 5.14. The number of carbonyl (C=O) groups is 1. The van der Waals surface area contributed by atoms with E-state index in [-0.39, 0.29) is 5.91 Å². The van der Waals surface area contributed by atoms with Crippen LogP contribution in [0.15, 0.2) is 53.1 Å². The molecular formula is C13H15BrN2OS. The van der Waals surface area contributed by atoms with E-state index in [0.717, 1.165) is 9.50 Å². The molecule has 0 fully saturated rings. The first kappa shape index (κ1) is 15.0. The lowest BCUT2D eigenvalue weighted by Gasteiger charge is -2.18. The second kappa shape index (κ2) is 8.11. The number of pyridine rings is 1. The monoisotopic (exact) mass is 326 g/mol. The van der Waals surface area contributed by atoms with Gasteiger partial charge in [0.05, 0.1) is 10.8 Å². The van der Waals surface area contributed by atoms with Crippen molar-refractivity contribution in [2.75, 3.05) is 18.8 Å². The summed E-state index contributed by atoms with van der Waals surface area (Å²) in [5.74, 6) is 0.431. The number of amides is 1. The van der Waals surface area contributed by atoms with Gasteiger partial charge in [0.2, 0.25) is 5.91 Å². The fraction of sp³-hybridized carbons (Fsp3) is 0.231. The first-order valence-corrected chi connectivity index (χ1v) is 7.19. The molecular weight excluding hydrogens is 312 g/mol. The minimum atomic E-state index is 0.0597. The van der Waals surface area contributed by atoms with Gasteiger partial charge in [-0.1, -0.05) is 23.9 Å². The van der Waals surface area contributed by atoms with Crippen molar-refractivity contribution in [3.8, 4) is 0 Å². The van der Waals surface area contributed by atoms with Gasteiger partial charge in [-0.15, -0.1) is 13.2 Å². The van der Waals surface area contributed by atoms with Crippen molar-refractivity contribution in [2.24, 2.45) is 0 Å². The maximum atomic E-state index is 11.9. The smallest absolute Gasteiger partial charge is 0.233 e. The van der Waals surface area contributed by atoms with Crippen molar-refractivity contribution in [1.29, 1.82) is 0 Å². The average molecular weight is 327 g/mol. The number of hydrogen-bond acceptors (Lipinski definition) is 3. The second-order valence-corrected chi connectivity index (χ2v) is 5.39. The molecule has 0 saturated carbocycles. The molecule has 0 bridgehead atoms. The van der Waals surface area contributed by atoms with Crippen LogP contribution in [0.3, 0.4) is 0 Å². The summed E-state index contributed by atoms with van der Waals surface area (Å²) in [6, 6.07) is 3.79. The van der Waals surface area contributed by atoms with Crippen LogP contribution in [0.5, 0.6) is 0 Å². The van der Waals surface area contributed by atoms with Gasteiger partial charge in [-0.3, -0.25) is 4.79 Å². The van der Waals surface area contributed by atoms with Crippen molar-refractivity contribution in [3.05, 3.63) is 48.1 Å². The minimum Gasteiger partial charge on any atom is -0.335 e. The Morgan fingerprint density at radius 3 is 2.56 bits per heavy atom. The summed E-state index contributed by atoms with van der Waals surface area (Å²) in [6.45, 7) is 8.36. The van der Waals surface area contributed by atoms with Crippen molar-refractivity contribution in [1.82, 2.24) is 9.88 Å². The molecule has 18 heavy (non-hydrogen) atoms. The molecule has 0 unspecified atom stereocenters. The van der Waals surface area contributed by atoms with Crippen molar-refractivity contribution in [2.45, 2.75) is 5.03 Å². The Balaban J connectivity index is 2.50. The molecule has 1 rings (SSSR count). The fourth-order valence-electron chi connectivity index (χ4n) is 1.26. The molecule has 1 aromatic heterocycles. The number of carbonyl (C=O) groups excluding carboxylic acids is 1. The molecule has 0 aliphatic rings. The summed E-state index contributed by atoms with van der Waals surface area (Å²) < 4.78 is 0.929. The molecule has 0 radical (unpaired) electrons. The number of nitrogens with zero attached hydrogens (tertiary/aromatic N) is 2. The largest absolute Gasteiger partial charge is 0.335 e. The Kier molecular flexibility index (Phi) is 6.75. The van der Waals surface area contributed by atoms with E-state index in [1.165, 1.54) is 11.8 Å². The van der Waals surface area contributed by atoms with Gasteiger partial charge in [-0.25, -0.2) is 4.98 Å². The van der Waals surface area contributed by atoms with Crippen LogP contribution in [0.2, 0.25) is 0 Å². The zero-order valence-corrected chi connectivity index (χ0v) is 12.4. The van der Waals surface area contributed by atoms with Crippen LogP contribution in [0.4, 0.5) is 0 Å². The Hall–Kier alpha value is -1.07. The van der Waals surface area contributed by atoms with E-state index in [1.54, 1.807) is 23.2 Å². The Labute approximate surface area is 120 Å². The van der Waals surface area contributed by atoms with Gasteiger partial charge in [-0.05, 0) is 28.1 Å². The summed E-state index contributed by atoms with van der Waals surface area (Å²) in [5, 5.41) is 0.837. The van der Waals surface area contributed by atoms with Crippen LogP contribution in [-0.2, 0) is 4.79 Å². The zero-order valence-electron chi connectivity index (χ0n) is 10.0. The van der Waals surface area contributed by atoms with E-state index in [4.69, 9.17) is 0 Å². The second-order valence-electron chi connectivity index (χ2n) is 3.48. The van der Waals surface area contributed by atoms with Gasteiger partial charge in [0.15, 0.2) is 0 Å². The highest BCUT2D eigenvalue weighted by Gasteiger charge is 2.11. The van der Waals surface area contributed by atoms with Crippen LogP contribution < -0.4 is 0 Å². The standard InChI is InChI=1S/C13H15BrN2OS/c1-3-7-16(8-4-2)13(17)10-18-12-6-5-11(14)9-15-12/h3-6,9H,1-2,7-8,10H2. The van der Waals surface area contributed by atoms with Gasteiger partial charge in [-0.2, -0.15) is 0 Å². The van der Waals surface area contributed by atoms with Crippen LogP contribution in [0.25, 0.3) is 0 Å². The highest BCUT2D eigenvalue weighted by Crippen LogP contribution is 2.17. The Morgan fingerprint density at radius 1 is 1.39 bits per heavy atom. The van der Waals surface area contributed by atoms with E-state index >= 15 is 0 Å². The molecule has 1 aromatic rings. The highest BCUT2D eigenvalue weighted by molar-refractivity contribution is 9.10. The molecule has 1 heterocycles. The fourth-order valence-corrected chi connectivity index (χ4v) is 2.24. The average Bonchev–Trinajstić information content (AvgIpc) is 2.37. The van der Waals surface area contributed by atoms with E-state index in [0.29, 0.717) is 18.8 Å². The summed E-state index contributed by atoms with van der Waals surface area (Å²) in [7, 11) is 0. The van der Waals surface area contributed by atoms with Crippen LogP contribution in [0, 0.1) is 0 Å². The Morgan fingerprint density at radius 2 is 2.06 bits per heavy atom. The van der Waals surface area contributed by atoms with Crippen molar-refractivity contribution < 1.29 is 4.79 Å². The lowest BCUT2D eigenvalue weighted by atomic mass is 10.4. The topological polar surface area (TPSA) is 33.2 Å². The third-order valence-corrected chi connectivity index (χ3v) is 3.49. The molecule has 0 aromatic carbocycles. The highest BCUT2D eigenvalue weighted by atomic mass is 79.9. The van der Waals surface area contributed by atoms with Gasteiger partial charge >= 0.3 is 0 Å². The summed E-state index contributed by atoms with van der Waals surface area (Å²) in [5.41, 5.74) is 0. The van der Waals surface area contributed by atoms with Gasteiger partial charge in [0.1, 0.15) is 0 Å². The molecule has 96 valence electrons. The van der Waals surface area contributed by atoms with Crippen molar-refractivity contribution >= 4 is 33.6 Å². The molecule has 0 saturated heterocycles. The zero-order chi connectivity index (χ0) is 13.4. The minimum absolute atomic E-state index is 0.0597. The Bertz CT molecular complexity index is 410. The van der Waals surface area contributed by atoms with Crippen LogP contribution in [-0.4, -0.2) is 34.6 Å². The number of thioether (sulfide) groups is 1. The normalized spacial score (nSPS) is 9.83. The third-order valence-electron chi connectivity index (χ3n) is 2.10. The SMILES string of the molecule is C=CCN(CC=C)C(=O)CSc1ccc(Br)cn1. The molecule has 1 amide bonds. The third kappa shape index (κ3) is 5.06. The maximum Gasteiger partial charge on any atom is 0.233 e.